The Bertz CT molecular complexity index is 313. The summed E-state index contributed by atoms with van der Waals surface area (Å²) in [6.45, 7) is 2.73. The molecule has 1 aliphatic carbocycles. The number of hydrogen-bond donors (Lipinski definition) is 1. The van der Waals surface area contributed by atoms with E-state index in [0.717, 1.165) is 17.8 Å². The van der Waals surface area contributed by atoms with E-state index in [4.69, 9.17) is 4.74 Å². The van der Waals surface area contributed by atoms with Crippen LogP contribution in [0.4, 0.5) is 0 Å². The molecule has 0 amide bonds. The largest absolute Gasteiger partial charge is 0.493 e. The number of thiazole rings is 1. The van der Waals surface area contributed by atoms with Crippen molar-refractivity contribution in [2.45, 2.75) is 44.6 Å². The van der Waals surface area contributed by atoms with Crippen LogP contribution in [0.25, 0.3) is 0 Å². The lowest BCUT2D eigenvalue weighted by atomic mass is 9.85. The van der Waals surface area contributed by atoms with Crippen molar-refractivity contribution in [1.82, 2.24) is 4.98 Å². The molecule has 1 heterocycles. The number of ether oxygens (including phenoxy) is 1. The lowest BCUT2D eigenvalue weighted by Gasteiger charge is -2.35. The van der Waals surface area contributed by atoms with Gasteiger partial charge >= 0.3 is 0 Å². The van der Waals surface area contributed by atoms with Crippen LogP contribution in [0.1, 0.15) is 44.0 Å². The Morgan fingerprint density at radius 3 is 2.73 bits per heavy atom. The third-order valence-corrected chi connectivity index (χ3v) is 3.98. The normalized spacial score (nSPS) is 20.3. The van der Waals surface area contributed by atoms with Crippen LogP contribution in [-0.2, 0) is 10.3 Å². The Labute approximate surface area is 94.1 Å². The van der Waals surface area contributed by atoms with Crippen LogP contribution < -0.4 is 0 Å². The quantitative estimate of drug-likeness (QED) is 0.863. The molecule has 1 aromatic heterocycles. The monoisotopic (exact) mass is 227 g/mol. The van der Waals surface area contributed by atoms with E-state index < -0.39 is 0 Å². The summed E-state index contributed by atoms with van der Waals surface area (Å²) >= 11 is 1.51. The van der Waals surface area contributed by atoms with Gasteiger partial charge in [-0.2, -0.15) is 0 Å². The van der Waals surface area contributed by atoms with E-state index in [1.54, 1.807) is 5.38 Å². The molecular formula is C11H17NO2S. The fourth-order valence-electron chi connectivity index (χ4n) is 2.29. The third kappa shape index (κ3) is 2.16. The van der Waals surface area contributed by atoms with Gasteiger partial charge in [0.15, 0.2) is 0 Å². The molecule has 0 unspecified atom stereocenters. The number of aromatic nitrogens is 1. The molecule has 3 nitrogen and oxygen atoms in total. The van der Waals surface area contributed by atoms with Gasteiger partial charge in [0.2, 0.25) is 5.88 Å². The van der Waals surface area contributed by atoms with Crippen molar-refractivity contribution in [1.29, 1.82) is 0 Å². The molecule has 84 valence electrons. The number of rotatable bonds is 3. The molecule has 0 spiro atoms. The maximum Gasteiger partial charge on any atom is 0.222 e. The fourth-order valence-corrected chi connectivity index (χ4v) is 3.19. The first-order valence-corrected chi connectivity index (χ1v) is 6.44. The second kappa shape index (κ2) is 4.49. The van der Waals surface area contributed by atoms with E-state index in [2.05, 4.69) is 4.98 Å². The SMILES string of the molecule is CCOC1(c2nc(O)cs2)CCCCC1. The smallest absolute Gasteiger partial charge is 0.222 e. The number of hydrogen-bond acceptors (Lipinski definition) is 4. The molecule has 0 radical (unpaired) electrons. The van der Waals surface area contributed by atoms with Crippen LogP contribution >= 0.6 is 11.3 Å². The Morgan fingerprint density at radius 1 is 1.47 bits per heavy atom. The second-order valence-corrected chi connectivity index (χ2v) is 4.86. The highest BCUT2D eigenvalue weighted by molar-refractivity contribution is 7.10. The summed E-state index contributed by atoms with van der Waals surface area (Å²) in [6.07, 6.45) is 5.74. The van der Waals surface area contributed by atoms with Crippen LogP contribution in [0.2, 0.25) is 0 Å². The molecule has 0 bridgehead atoms. The van der Waals surface area contributed by atoms with Crippen molar-refractivity contribution >= 4 is 11.3 Å². The first kappa shape index (κ1) is 10.9. The summed E-state index contributed by atoms with van der Waals surface area (Å²) in [5, 5.41) is 11.9. The Kier molecular flexibility index (Phi) is 3.26. The van der Waals surface area contributed by atoms with Crippen molar-refractivity contribution < 1.29 is 9.84 Å². The van der Waals surface area contributed by atoms with Crippen molar-refractivity contribution in [3.05, 3.63) is 10.4 Å². The summed E-state index contributed by atoms with van der Waals surface area (Å²) in [4.78, 5) is 4.17. The zero-order valence-electron chi connectivity index (χ0n) is 9.03. The summed E-state index contributed by atoms with van der Waals surface area (Å²) in [5.41, 5.74) is -0.210. The molecule has 0 atom stereocenters. The summed E-state index contributed by atoms with van der Waals surface area (Å²) in [7, 11) is 0. The van der Waals surface area contributed by atoms with Gasteiger partial charge < -0.3 is 9.84 Å². The maximum atomic E-state index is 9.31. The van der Waals surface area contributed by atoms with Crippen LogP contribution in [0.15, 0.2) is 5.38 Å². The highest BCUT2D eigenvalue weighted by Gasteiger charge is 2.37. The van der Waals surface area contributed by atoms with E-state index >= 15 is 0 Å². The van der Waals surface area contributed by atoms with Crippen LogP contribution in [0, 0.1) is 0 Å². The lowest BCUT2D eigenvalue weighted by molar-refractivity contribution is -0.0706. The van der Waals surface area contributed by atoms with Crippen molar-refractivity contribution in [3.63, 3.8) is 0 Å². The molecule has 1 fully saturated rings. The predicted molar refractivity (Wildman–Crippen MR) is 60.2 cm³/mol. The van der Waals surface area contributed by atoms with E-state index in [-0.39, 0.29) is 11.5 Å². The minimum absolute atomic E-state index is 0.125. The molecule has 4 heteroatoms. The van der Waals surface area contributed by atoms with Crippen molar-refractivity contribution in [2.24, 2.45) is 0 Å². The molecule has 0 saturated heterocycles. The third-order valence-electron chi connectivity index (χ3n) is 2.96. The zero-order valence-corrected chi connectivity index (χ0v) is 9.85. The van der Waals surface area contributed by atoms with Gasteiger partial charge in [-0.1, -0.05) is 19.3 Å². The van der Waals surface area contributed by atoms with Gasteiger partial charge in [0, 0.05) is 6.61 Å². The Balaban J connectivity index is 2.24. The van der Waals surface area contributed by atoms with Gasteiger partial charge in [-0.15, -0.1) is 11.3 Å². The van der Waals surface area contributed by atoms with Gasteiger partial charge in [-0.25, -0.2) is 4.98 Å². The molecule has 1 aromatic rings. The first-order valence-electron chi connectivity index (χ1n) is 5.56. The molecule has 0 aromatic carbocycles. The predicted octanol–water partition coefficient (Wildman–Crippen LogP) is 3.04. The average molecular weight is 227 g/mol. The van der Waals surface area contributed by atoms with Crippen molar-refractivity contribution in [2.75, 3.05) is 6.61 Å². The standard InChI is InChI=1S/C11H17NO2S/c1-2-14-11(6-4-3-5-7-11)10-12-9(13)8-15-10/h8,13H,2-7H2,1H3. The van der Waals surface area contributed by atoms with Crippen LogP contribution in [0.3, 0.4) is 0 Å². The summed E-state index contributed by atoms with van der Waals surface area (Å²) in [6, 6.07) is 0. The van der Waals surface area contributed by atoms with Gasteiger partial charge in [0.05, 0.1) is 5.38 Å². The molecular weight excluding hydrogens is 210 g/mol. The zero-order chi connectivity index (χ0) is 10.7. The van der Waals surface area contributed by atoms with Gasteiger partial charge in [-0.05, 0) is 19.8 Å². The molecule has 2 rings (SSSR count). The molecule has 0 aliphatic heterocycles. The minimum Gasteiger partial charge on any atom is -0.493 e. The summed E-state index contributed by atoms with van der Waals surface area (Å²) < 4.78 is 5.91. The first-order chi connectivity index (χ1) is 7.27. The number of nitrogens with zero attached hydrogens (tertiary/aromatic N) is 1. The van der Waals surface area contributed by atoms with Gasteiger partial charge in [0.25, 0.3) is 0 Å². The molecule has 1 aliphatic rings. The minimum atomic E-state index is -0.210. The van der Waals surface area contributed by atoms with Crippen LogP contribution in [0.5, 0.6) is 5.88 Å². The van der Waals surface area contributed by atoms with Crippen LogP contribution in [-0.4, -0.2) is 16.7 Å². The lowest BCUT2D eigenvalue weighted by Crippen LogP contribution is -2.32. The highest BCUT2D eigenvalue weighted by atomic mass is 32.1. The topological polar surface area (TPSA) is 42.4 Å². The van der Waals surface area contributed by atoms with E-state index in [1.165, 1.54) is 30.6 Å². The Morgan fingerprint density at radius 2 is 2.20 bits per heavy atom. The van der Waals surface area contributed by atoms with E-state index in [9.17, 15) is 5.11 Å². The maximum absolute atomic E-state index is 9.31. The van der Waals surface area contributed by atoms with Gasteiger partial charge in [0.1, 0.15) is 10.6 Å². The van der Waals surface area contributed by atoms with Crippen molar-refractivity contribution in [3.8, 4) is 5.88 Å². The molecule has 15 heavy (non-hydrogen) atoms. The molecule has 1 N–H and O–H groups in total. The second-order valence-electron chi connectivity index (χ2n) is 4.00. The number of aromatic hydroxyl groups is 1. The average Bonchev–Trinajstić information content (AvgIpc) is 2.67. The van der Waals surface area contributed by atoms with E-state index in [1.807, 2.05) is 6.92 Å². The fraction of sp³-hybridized carbons (Fsp3) is 0.727. The van der Waals surface area contributed by atoms with E-state index in [0.29, 0.717) is 6.61 Å². The Hall–Kier alpha value is -0.610. The highest BCUT2D eigenvalue weighted by Crippen LogP contribution is 2.42. The van der Waals surface area contributed by atoms with Gasteiger partial charge in [-0.3, -0.25) is 0 Å². The summed E-state index contributed by atoms with van der Waals surface area (Å²) in [5.74, 6) is 0.125. The molecule has 1 saturated carbocycles.